The molecule has 3 aliphatic heterocycles. The van der Waals surface area contributed by atoms with Crippen LogP contribution in [0.1, 0.15) is 43.4 Å². The van der Waals surface area contributed by atoms with Crippen molar-refractivity contribution in [2.45, 2.75) is 17.5 Å². The fourth-order valence-corrected chi connectivity index (χ4v) is 7.02. The van der Waals surface area contributed by atoms with Gasteiger partial charge >= 0.3 is 0 Å². The lowest BCUT2D eigenvalue weighted by molar-refractivity contribution is -0.122. The van der Waals surface area contributed by atoms with Gasteiger partial charge in [0.1, 0.15) is 23.0 Å². The minimum Gasteiger partial charge on any atom is -0.497 e. The van der Waals surface area contributed by atoms with Gasteiger partial charge < -0.3 is 19.7 Å². The van der Waals surface area contributed by atoms with Crippen molar-refractivity contribution < 1.29 is 23.9 Å². The molecule has 8 heteroatoms. The van der Waals surface area contributed by atoms with E-state index in [2.05, 4.69) is 10.3 Å². The molecule has 0 radical (unpaired) electrons. The van der Waals surface area contributed by atoms with Crippen LogP contribution >= 0.6 is 0 Å². The molecule has 4 aromatic rings. The molecule has 1 spiro atoms. The number of fused-ring (bicyclic) bond motifs is 6. The third-order valence-corrected chi connectivity index (χ3v) is 8.74. The second kappa shape index (κ2) is 9.69. The topological polar surface area (TPSA) is 97.8 Å². The second-order valence-corrected chi connectivity index (χ2v) is 10.6. The summed E-state index contributed by atoms with van der Waals surface area (Å²) < 4.78 is 11.1. The van der Waals surface area contributed by atoms with Gasteiger partial charge in [0.2, 0.25) is 5.91 Å². The number of carbonyl (C=O) groups excluding carboxylic acids is 3. The first-order chi connectivity index (χ1) is 20.5. The Morgan fingerprint density at radius 1 is 0.929 bits per heavy atom. The molecule has 0 bridgehead atoms. The van der Waals surface area contributed by atoms with Gasteiger partial charge in [-0.1, -0.05) is 42.5 Å². The minimum absolute atomic E-state index is 0.264. The standard InChI is InChI=1S/C34H27N3O5/c1-41-22-13-14-27(42-2)24(18-22)31(39)29-28(30(38)21-9-7-16-35-19-21)34(25-11-5-6-12-26(25)36-33(34)40)32-23-10-4-3-8-20(23)15-17-37(29)32/h3-19,28-29,32H,1-2H3,(H,36,40)/t28-,29-,32+,34-/m0/s1. The zero-order valence-corrected chi connectivity index (χ0v) is 23.0. The summed E-state index contributed by atoms with van der Waals surface area (Å²) in [4.78, 5) is 50.2. The summed E-state index contributed by atoms with van der Waals surface area (Å²) in [5, 5.41) is 3.06. The molecular formula is C34H27N3O5. The lowest BCUT2D eigenvalue weighted by Gasteiger charge is -2.38. The molecule has 4 atom stereocenters. The maximum Gasteiger partial charge on any atom is 0.238 e. The fourth-order valence-electron chi connectivity index (χ4n) is 7.02. The number of methoxy groups -OCH3 is 2. The van der Waals surface area contributed by atoms with E-state index >= 15 is 0 Å². The van der Waals surface area contributed by atoms with Gasteiger partial charge in [0, 0.05) is 29.8 Å². The second-order valence-electron chi connectivity index (χ2n) is 10.6. The number of ketones is 2. The van der Waals surface area contributed by atoms with Crippen molar-refractivity contribution in [2.24, 2.45) is 5.92 Å². The van der Waals surface area contributed by atoms with Crippen molar-refractivity contribution >= 4 is 29.2 Å². The van der Waals surface area contributed by atoms with E-state index in [9.17, 15) is 14.4 Å². The first-order valence-corrected chi connectivity index (χ1v) is 13.7. The van der Waals surface area contributed by atoms with Crippen molar-refractivity contribution in [2.75, 3.05) is 19.5 Å². The van der Waals surface area contributed by atoms with Crippen molar-refractivity contribution in [3.05, 3.63) is 125 Å². The summed E-state index contributed by atoms with van der Waals surface area (Å²) in [6.07, 6.45) is 6.85. The van der Waals surface area contributed by atoms with E-state index in [1.54, 1.807) is 36.5 Å². The van der Waals surface area contributed by atoms with E-state index in [1.165, 1.54) is 20.4 Å². The first-order valence-electron chi connectivity index (χ1n) is 13.7. The number of rotatable bonds is 6. The molecule has 1 saturated heterocycles. The van der Waals surface area contributed by atoms with Crippen LogP contribution in [0, 0.1) is 5.92 Å². The first kappa shape index (κ1) is 25.7. The number of ether oxygens (including phenoxy) is 2. The number of nitrogens with one attached hydrogen (secondary N) is 1. The highest BCUT2D eigenvalue weighted by atomic mass is 16.5. The summed E-state index contributed by atoms with van der Waals surface area (Å²) in [5.74, 6) is -1.29. The highest BCUT2D eigenvalue weighted by molar-refractivity contribution is 6.17. The van der Waals surface area contributed by atoms with Crippen molar-refractivity contribution in [1.82, 2.24) is 9.88 Å². The van der Waals surface area contributed by atoms with Gasteiger partial charge in [-0.2, -0.15) is 0 Å². The Morgan fingerprint density at radius 2 is 1.74 bits per heavy atom. The van der Waals surface area contributed by atoms with E-state index in [4.69, 9.17) is 9.47 Å². The molecule has 4 heterocycles. The fraction of sp³-hybridized carbons (Fsp3) is 0.176. The lowest BCUT2D eigenvalue weighted by atomic mass is 9.62. The van der Waals surface area contributed by atoms with Crippen LogP contribution < -0.4 is 14.8 Å². The third kappa shape index (κ3) is 3.48. The molecule has 7 rings (SSSR count). The third-order valence-electron chi connectivity index (χ3n) is 8.74. The van der Waals surface area contributed by atoms with E-state index in [-0.39, 0.29) is 23.0 Å². The van der Waals surface area contributed by atoms with Crippen LogP contribution in [0.2, 0.25) is 0 Å². The number of para-hydroxylation sites is 1. The Bertz CT molecular complexity index is 1790. The summed E-state index contributed by atoms with van der Waals surface area (Å²) >= 11 is 0. The number of benzene rings is 3. The Hall–Kier alpha value is -5.24. The number of amides is 1. The van der Waals surface area contributed by atoms with E-state index in [1.807, 2.05) is 65.7 Å². The smallest absolute Gasteiger partial charge is 0.238 e. The average Bonchev–Trinajstić information content (AvgIpc) is 3.52. The Kier molecular flexibility index (Phi) is 5.93. The monoisotopic (exact) mass is 557 g/mol. The number of pyridine rings is 1. The van der Waals surface area contributed by atoms with Gasteiger partial charge in [-0.15, -0.1) is 0 Å². The van der Waals surface area contributed by atoms with Crippen LogP contribution in [-0.4, -0.2) is 47.6 Å². The van der Waals surface area contributed by atoms with Crippen molar-refractivity contribution in [3.63, 3.8) is 0 Å². The molecule has 1 N–H and O–H groups in total. The molecule has 0 aliphatic carbocycles. The van der Waals surface area contributed by atoms with Gasteiger partial charge in [-0.25, -0.2) is 0 Å². The zero-order valence-electron chi connectivity index (χ0n) is 23.0. The van der Waals surface area contributed by atoms with Gasteiger partial charge in [0.15, 0.2) is 11.6 Å². The summed E-state index contributed by atoms with van der Waals surface area (Å²) in [5.41, 5.74) is 2.28. The molecule has 1 amide bonds. The van der Waals surface area contributed by atoms with E-state index in [0.29, 0.717) is 28.3 Å². The number of nitrogens with zero attached hydrogens (tertiary/aromatic N) is 2. The van der Waals surface area contributed by atoms with Crippen LogP contribution in [0.3, 0.4) is 0 Å². The quantitative estimate of drug-likeness (QED) is 0.330. The molecule has 8 nitrogen and oxygen atoms in total. The van der Waals surface area contributed by atoms with Crippen LogP contribution in [0.15, 0.2) is 97.5 Å². The highest BCUT2D eigenvalue weighted by Gasteiger charge is 2.70. The molecule has 1 aromatic heterocycles. The van der Waals surface area contributed by atoms with Gasteiger partial charge in [-0.05, 0) is 59.2 Å². The predicted octanol–water partition coefficient (Wildman–Crippen LogP) is 5.08. The van der Waals surface area contributed by atoms with E-state index < -0.39 is 23.4 Å². The SMILES string of the molecule is COc1ccc(OC)c(C(=O)[C@@H]2[C@@H](C(=O)c3cccnc3)[C@]3(C(=O)Nc4ccccc43)[C@H]3c4ccccc4C=CN23)c1. The molecule has 208 valence electrons. The number of anilines is 1. The number of Topliss-reactive ketones (excluding diaryl/α,β-unsaturated/α-hetero) is 2. The van der Waals surface area contributed by atoms with Crippen molar-refractivity contribution in [3.8, 4) is 11.5 Å². The molecule has 0 unspecified atom stereocenters. The van der Waals surface area contributed by atoms with Crippen LogP contribution in [0.5, 0.6) is 11.5 Å². The van der Waals surface area contributed by atoms with Crippen molar-refractivity contribution in [1.29, 1.82) is 0 Å². The predicted molar refractivity (Wildman–Crippen MR) is 157 cm³/mol. The number of carbonyl (C=O) groups is 3. The van der Waals surface area contributed by atoms with Gasteiger partial charge in [-0.3, -0.25) is 19.4 Å². The zero-order chi connectivity index (χ0) is 29.0. The van der Waals surface area contributed by atoms with Gasteiger partial charge in [0.05, 0.1) is 31.7 Å². The molecule has 0 saturated carbocycles. The number of hydrogen-bond donors (Lipinski definition) is 1. The summed E-state index contributed by atoms with van der Waals surface area (Å²) in [6.45, 7) is 0. The molecular weight excluding hydrogens is 530 g/mol. The summed E-state index contributed by atoms with van der Waals surface area (Å²) in [6, 6.07) is 21.9. The highest BCUT2D eigenvalue weighted by Crippen LogP contribution is 2.62. The molecule has 42 heavy (non-hydrogen) atoms. The number of aromatic nitrogens is 1. The maximum absolute atomic E-state index is 14.9. The normalized spacial score (nSPS) is 23.1. The lowest BCUT2D eigenvalue weighted by Crippen LogP contribution is -2.49. The number of hydrogen-bond acceptors (Lipinski definition) is 7. The Balaban J connectivity index is 1.54. The van der Waals surface area contributed by atoms with Gasteiger partial charge in [0.25, 0.3) is 0 Å². The largest absolute Gasteiger partial charge is 0.497 e. The van der Waals surface area contributed by atoms with Crippen LogP contribution in [-0.2, 0) is 10.2 Å². The minimum atomic E-state index is -1.42. The average molecular weight is 558 g/mol. The Morgan fingerprint density at radius 3 is 2.52 bits per heavy atom. The Labute approximate surface area is 242 Å². The van der Waals surface area contributed by atoms with E-state index in [0.717, 1.165) is 11.1 Å². The maximum atomic E-state index is 14.9. The molecule has 3 aliphatic rings. The van der Waals surface area contributed by atoms with Crippen LogP contribution in [0.4, 0.5) is 5.69 Å². The van der Waals surface area contributed by atoms with Crippen LogP contribution in [0.25, 0.3) is 6.08 Å². The molecule has 1 fully saturated rings. The molecule has 3 aromatic carbocycles. The summed E-state index contributed by atoms with van der Waals surface area (Å²) in [7, 11) is 3.02.